The van der Waals surface area contributed by atoms with Crippen molar-refractivity contribution >= 4 is 53.8 Å². The summed E-state index contributed by atoms with van der Waals surface area (Å²) in [5.74, 6) is 0.910. The lowest BCUT2D eigenvalue weighted by Crippen LogP contribution is -1.94. The highest BCUT2D eigenvalue weighted by Gasteiger charge is 2.18. The maximum absolute atomic E-state index is 10.8. The molecule has 0 aliphatic rings. The molecule has 0 fully saturated rings. The van der Waals surface area contributed by atoms with Crippen LogP contribution in [-0.4, -0.2) is 14.3 Å². The van der Waals surface area contributed by atoms with E-state index in [0.29, 0.717) is 0 Å². The summed E-state index contributed by atoms with van der Waals surface area (Å²) in [5.41, 5.74) is -0.385. The Balaban J connectivity index is 4.25. The monoisotopic (exact) mass is 256 g/mol. The summed E-state index contributed by atoms with van der Waals surface area (Å²) in [5, 5.41) is 0. The van der Waals surface area contributed by atoms with E-state index in [-0.39, 0.29) is 5.62 Å². The van der Waals surface area contributed by atoms with Crippen molar-refractivity contribution in [1.29, 1.82) is 0 Å². The van der Waals surface area contributed by atoms with Crippen LogP contribution in [0.1, 0.15) is 0 Å². The summed E-state index contributed by atoms with van der Waals surface area (Å²) in [6.45, 7) is 0. The van der Waals surface area contributed by atoms with E-state index in [1.807, 2.05) is 0 Å². The normalized spacial score (nSPS) is 18.6. The van der Waals surface area contributed by atoms with E-state index in [9.17, 15) is 4.57 Å². The van der Waals surface area contributed by atoms with E-state index in [2.05, 4.69) is 0 Å². The number of allylic oxidation sites excluding steroid dienone is 1. The van der Waals surface area contributed by atoms with Gasteiger partial charge in [0.25, 0.3) is 0 Å². The van der Waals surface area contributed by atoms with E-state index in [1.54, 1.807) is 0 Å². The van der Waals surface area contributed by atoms with Crippen molar-refractivity contribution in [3.63, 3.8) is 0 Å². The second-order valence-electron chi connectivity index (χ2n) is 1.73. The SMILES string of the molecule is O=P(O)(/C=C/C(Cl)(Cl)Cl)CCl. The number of hydrogen-bond acceptors (Lipinski definition) is 1. The average molecular weight is 258 g/mol. The van der Waals surface area contributed by atoms with Crippen LogP contribution >= 0.6 is 53.8 Å². The Morgan fingerprint density at radius 1 is 1.45 bits per heavy atom. The lowest BCUT2D eigenvalue weighted by Gasteiger charge is -2.04. The summed E-state index contributed by atoms with van der Waals surface area (Å²) in [7, 11) is -3.44. The maximum atomic E-state index is 10.8. The first kappa shape index (κ1) is 12.1. The van der Waals surface area contributed by atoms with Crippen LogP contribution in [0.3, 0.4) is 0 Å². The molecule has 0 aliphatic heterocycles. The van der Waals surface area contributed by atoms with Gasteiger partial charge >= 0.3 is 0 Å². The van der Waals surface area contributed by atoms with Crippen molar-refractivity contribution in [3.05, 3.63) is 11.9 Å². The van der Waals surface area contributed by atoms with Gasteiger partial charge in [0.2, 0.25) is 11.2 Å². The molecule has 66 valence electrons. The van der Waals surface area contributed by atoms with Crippen LogP contribution in [-0.2, 0) is 4.57 Å². The number of rotatable bonds is 2. The first-order valence-electron chi connectivity index (χ1n) is 2.41. The Morgan fingerprint density at radius 2 is 1.91 bits per heavy atom. The zero-order chi connectivity index (χ0) is 9.12. The van der Waals surface area contributed by atoms with Crippen LogP contribution in [0, 0.1) is 0 Å². The number of alkyl halides is 4. The van der Waals surface area contributed by atoms with Gasteiger partial charge in [-0.1, -0.05) is 34.8 Å². The van der Waals surface area contributed by atoms with Crippen LogP contribution in [0.2, 0.25) is 0 Å². The fourth-order valence-electron chi connectivity index (χ4n) is 0.241. The van der Waals surface area contributed by atoms with Gasteiger partial charge in [-0.15, -0.1) is 11.6 Å². The molecule has 0 spiro atoms. The van der Waals surface area contributed by atoms with E-state index in [0.717, 1.165) is 11.9 Å². The zero-order valence-corrected chi connectivity index (χ0v) is 9.09. The lowest BCUT2D eigenvalue weighted by atomic mass is 10.7. The van der Waals surface area contributed by atoms with Gasteiger partial charge in [0.05, 0.1) is 0 Å². The van der Waals surface area contributed by atoms with Crippen molar-refractivity contribution in [2.45, 2.75) is 3.79 Å². The van der Waals surface area contributed by atoms with Crippen LogP contribution < -0.4 is 0 Å². The van der Waals surface area contributed by atoms with Crippen molar-refractivity contribution in [2.75, 3.05) is 5.62 Å². The Morgan fingerprint density at radius 3 is 2.18 bits per heavy atom. The second-order valence-corrected chi connectivity index (χ2v) is 6.87. The quantitative estimate of drug-likeness (QED) is 0.609. The predicted octanol–water partition coefficient (Wildman–Crippen LogP) is 3.34. The third-order valence-corrected chi connectivity index (χ3v) is 3.03. The van der Waals surface area contributed by atoms with E-state index < -0.39 is 11.2 Å². The van der Waals surface area contributed by atoms with Crippen molar-refractivity contribution in [1.82, 2.24) is 0 Å². The Hall–Kier alpha value is 1.09. The summed E-state index contributed by atoms with van der Waals surface area (Å²) in [6, 6.07) is 0. The van der Waals surface area contributed by atoms with E-state index in [1.165, 1.54) is 0 Å². The summed E-state index contributed by atoms with van der Waals surface area (Å²) < 4.78 is 9.14. The minimum Gasteiger partial charge on any atom is -0.341 e. The summed E-state index contributed by atoms with van der Waals surface area (Å²) in [4.78, 5) is 8.85. The molecule has 0 aromatic rings. The molecule has 0 aromatic carbocycles. The number of hydrogen-bond donors (Lipinski definition) is 1. The fourth-order valence-corrected chi connectivity index (χ4v) is 1.47. The summed E-state index contributed by atoms with van der Waals surface area (Å²) >= 11 is 20.9. The molecule has 0 saturated carbocycles. The third kappa shape index (κ3) is 7.45. The zero-order valence-electron chi connectivity index (χ0n) is 5.18. The van der Waals surface area contributed by atoms with Crippen molar-refractivity contribution in [3.8, 4) is 0 Å². The molecule has 0 bridgehead atoms. The maximum Gasteiger partial charge on any atom is 0.236 e. The molecule has 1 unspecified atom stereocenters. The standard InChI is InChI=1S/C4H5Cl4O2P/c5-3-11(9,10)2-1-4(6,7)8/h1-2H,3H2,(H,9,10)/b2-1+. The molecule has 7 heteroatoms. The van der Waals surface area contributed by atoms with Gasteiger partial charge in [-0.05, 0) is 6.08 Å². The third-order valence-electron chi connectivity index (χ3n) is 0.668. The Bertz CT molecular complexity index is 197. The molecule has 0 heterocycles. The molecule has 1 N–H and O–H groups in total. The average Bonchev–Trinajstić information content (AvgIpc) is 1.83. The molecule has 0 rings (SSSR count). The smallest absolute Gasteiger partial charge is 0.236 e. The molecule has 2 nitrogen and oxygen atoms in total. The highest BCUT2D eigenvalue weighted by molar-refractivity contribution is 7.62. The highest BCUT2D eigenvalue weighted by Crippen LogP contribution is 2.44. The Labute approximate surface area is 84.5 Å². The lowest BCUT2D eigenvalue weighted by molar-refractivity contribution is 0.494. The van der Waals surface area contributed by atoms with E-state index in [4.69, 9.17) is 51.3 Å². The first-order valence-corrected chi connectivity index (χ1v) is 6.00. The van der Waals surface area contributed by atoms with Crippen molar-refractivity contribution in [2.24, 2.45) is 0 Å². The number of halogens is 4. The Kier molecular flexibility index (Phi) is 4.79. The molecule has 0 aromatic heterocycles. The van der Waals surface area contributed by atoms with Crippen molar-refractivity contribution < 1.29 is 9.46 Å². The van der Waals surface area contributed by atoms with Crippen LogP contribution in [0.5, 0.6) is 0 Å². The van der Waals surface area contributed by atoms with Crippen LogP contribution in [0.15, 0.2) is 11.9 Å². The molecule has 1 atom stereocenters. The molecule has 11 heavy (non-hydrogen) atoms. The largest absolute Gasteiger partial charge is 0.341 e. The topological polar surface area (TPSA) is 37.3 Å². The molecule has 0 aliphatic carbocycles. The minimum absolute atomic E-state index is 0.385. The molecule has 0 amide bonds. The minimum atomic E-state index is -3.44. The van der Waals surface area contributed by atoms with Gasteiger partial charge in [0.15, 0.2) is 0 Å². The summed E-state index contributed by atoms with van der Waals surface area (Å²) in [6.07, 6.45) is 1.00. The molecular weight excluding hydrogens is 253 g/mol. The van der Waals surface area contributed by atoms with Crippen LogP contribution in [0.4, 0.5) is 0 Å². The second kappa shape index (κ2) is 4.36. The van der Waals surface area contributed by atoms with Gasteiger partial charge in [0.1, 0.15) is 5.62 Å². The molecular formula is C4H5Cl4O2P. The van der Waals surface area contributed by atoms with E-state index >= 15 is 0 Å². The highest BCUT2D eigenvalue weighted by atomic mass is 35.6. The molecule has 0 saturated heterocycles. The van der Waals surface area contributed by atoms with Gasteiger partial charge < -0.3 is 4.89 Å². The van der Waals surface area contributed by atoms with Gasteiger partial charge in [-0.3, -0.25) is 4.57 Å². The van der Waals surface area contributed by atoms with Gasteiger partial charge in [-0.2, -0.15) is 0 Å². The predicted molar refractivity (Wildman–Crippen MR) is 50.0 cm³/mol. The van der Waals surface area contributed by atoms with Gasteiger partial charge in [-0.25, -0.2) is 0 Å². The first-order chi connectivity index (χ1) is 4.77. The molecule has 0 radical (unpaired) electrons. The fraction of sp³-hybridized carbons (Fsp3) is 0.500. The van der Waals surface area contributed by atoms with Gasteiger partial charge in [0, 0.05) is 5.82 Å². The van der Waals surface area contributed by atoms with Crippen LogP contribution in [0.25, 0.3) is 0 Å².